The van der Waals surface area contributed by atoms with Crippen molar-refractivity contribution in [3.63, 3.8) is 0 Å². The molecule has 0 bridgehead atoms. The van der Waals surface area contributed by atoms with Crippen molar-refractivity contribution in [2.45, 2.75) is 65.1 Å². The molecule has 0 aliphatic heterocycles. The van der Waals surface area contributed by atoms with Gasteiger partial charge in [-0.3, -0.25) is 0 Å². The lowest BCUT2D eigenvalue weighted by atomic mass is 9.90. The van der Waals surface area contributed by atoms with Crippen LogP contribution in [0.3, 0.4) is 0 Å². The fraction of sp³-hybridized carbons (Fsp3) is 0.867. The molecule has 0 radical (unpaired) electrons. The minimum atomic E-state index is 0.471. The Hall–Kier alpha value is -0.940. The molecule has 1 aromatic rings. The van der Waals surface area contributed by atoms with Crippen molar-refractivity contribution in [2.75, 3.05) is 13.2 Å². The lowest BCUT2D eigenvalue weighted by molar-refractivity contribution is 0.0779. The first-order chi connectivity index (χ1) is 9.74. The summed E-state index contributed by atoms with van der Waals surface area (Å²) < 4.78 is 7.65. The summed E-state index contributed by atoms with van der Waals surface area (Å²) in [7, 11) is 0. The maximum absolute atomic E-state index is 5.78. The maximum atomic E-state index is 5.78. The summed E-state index contributed by atoms with van der Waals surface area (Å²) in [4.78, 5) is 0. The van der Waals surface area contributed by atoms with Gasteiger partial charge in [0.05, 0.1) is 18.8 Å². The Morgan fingerprint density at radius 2 is 2.15 bits per heavy atom. The summed E-state index contributed by atoms with van der Waals surface area (Å²) >= 11 is 0. The molecule has 0 unspecified atom stereocenters. The predicted octanol–water partition coefficient (Wildman–Crippen LogP) is 2.37. The lowest BCUT2D eigenvalue weighted by Gasteiger charge is -2.21. The number of hydrogen-bond acceptors (Lipinski definition) is 4. The van der Waals surface area contributed by atoms with E-state index in [0.29, 0.717) is 6.04 Å². The van der Waals surface area contributed by atoms with Gasteiger partial charge in [0.25, 0.3) is 0 Å². The Bertz CT molecular complexity index is 372. The lowest BCUT2D eigenvalue weighted by Crippen LogP contribution is -2.21. The van der Waals surface area contributed by atoms with Gasteiger partial charge >= 0.3 is 0 Å². The number of aromatic nitrogens is 3. The van der Waals surface area contributed by atoms with E-state index in [-0.39, 0.29) is 0 Å². The van der Waals surface area contributed by atoms with Gasteiger partial charge in [-0.15, -0.1) is 5.10 Å². The van der Waals surface area contributed by atoms with E-state index in [4.69, 9.17) is 4.74 Å². The molecule has 1 aliphatic rings. The average Bonchev–Trinajstić information content (AvgIpc) is 2.90. The summed E-state index contributed by atoms with van der Waals surface area (Å²) in [6.07, 6.45) is 8.84. The van der Waals surface area contributed by atoms with Gasteiger partial charge < -0.3 is 10.1 Å². The topological polar surface area (TPSA) is 52.0 Å². The number of nitrogens with zero attached hydrogens (tertiary/aromatic N) is 3. The molecule has 0 aromatic carbocycles. The molecular formula is C15H28N4O. The van der Waals surface area contributed by atoms with Crippen molar-refractivity contribution in [1.29, 1.82) is 0 Å². The third kappa shape index (κ3) is 5.59. The van der Waals surface area contributed by atoms with E-state index in [2.05, 4.69) is 29.5 Å². The van der Waals surface area contributed by atoms with Crippen molar-refractivity contribution in [1.82, 2.24) is 20.3 Å². The van der Waals surface area contributed by atoms with E-state index < -0.39 is 0 Å². The Balaban J connectivity index is 1.59. The van der Waals surface area contributed by atoms with Gasteiger partial charge in [0.1, 0.15) is 0 Å². The molecule has 114 valence electrons. The van der Waals surface area contributed by atoms with Gasteiger partial charge in [-0.2, -0.15) is 0 Å². The highest BCUT2D eigenvalue weighted by Gasteiger charge is 2.13. The van der Waals surface area contributed by atoms with Gasteiger partial charge in [0.15, 0.2) is 0 Å². The zero-order valence-corrected chi connectivity index (χ0v) is 12.8. The SMILES string of the molecule is CC(C)NCc1cn(CCOCC2CCCCC2)nn1. The molecule has 2 rings (SSSR count). The summed E-state index contributed by atoms with van der Waals surface area (Å²) in [6.45, 7) is 7.47. The van der Waals surface area contributed by atoms with Crippen molar-refractivity contribution in [3.05, 3.63) is 11.9 Å². The van der Waals surface area contributed by atoms with E-state index in [1.807, 2.05) is 10.9 Å². The predicted molar refractivity (Wildman–Crippen MR) is 79.4 cm³/mol. The minimum absolute atomic E-state index is 0.471. The molecule has 0 spiro atoms. The molecule has 0 amide bonds. The zero-order valence-electron chi connectivity index (χ0n) is 12.8. The molecule has 1 aliphatic carbocycles. The molecule has 0 atom stereocenters. The van der Waals surface area contributed by atoms with Crippen LogP contribution in [-0.2, 0) is 17.8 Å². The third-order valence-electron chi connectivity index (χ3n) is 3.82. The van der Waals surface area contributed by atoms with Crippen LogP contribution in [0.15, 0.2) is 6.20 Å². The number of ether oxygens (including phenoxy) is 1. The summed E-state index contributed by atoms with van der Waals surface area (Å²) in [6, 6.07) is 0.471. The highest BCUT2D eigenvalue weighted by molar-refractivity contribution is 4.91. The van der Waals surface area contributed by atoms with E-state index in [0.717, 1.165) is 37.9 Å². The van der Waals surface area contributed by atoms with Crippen LogP contribution in [-0.4, -0.2) is 34.2 Å². The second-order valence-corrected chi connectivity index (χ2v) is 6.09. The first kappa shape index (κ1) is 15.4. The van der Waals surface area contributed by atoms with Crippen molar-refractivity contribution >= 4 is 0 Å². The summed E-state index contributed by atoms with van der Waals surface area (Å²) in [5.41, 5.74) is 0.992. The van der Waals surface area contributed by atoms with Crippen LogP contribution in [0.1, 0.15) is 51.6 Å². The number of nitrogens with one attached hydrogen (secondary N) is 1. The first-order valence-corrected chi connectivity index (χ1v) is 7.94. The molecule has 0 saturated heterocycles. The van der Waals surface area contributed by atoms with Crippen LogP contribution in [0.2, 0.25) is 0 Å². The normalized spacial score (nSPS) is 16.9. The van der Waals surface area contributed by atoms with Crippen LogP contribution < -0.4 is 5.32 Å². The molecule has 1 heterocycles. The van der Waals surface area contributed by atoms with Crippen LogP contribution >= 0.6 is 0 Å². The van der Waals surface area contributed by atoms with E-state index in [1.165, 1.54) is 32.1 Å². The van der Waals surface area contributed by atoms with E-state index in [1.54, 1.807) is 0 Å². The third-order valence-corrected chi connectivity index (χ3v) is 3.82. The fourth-order valence-corrected chi connectivity index (χ4v) is 2.60. The largest absolute Gasteiger partial charge is 0.379 e. The molecule has 1 saturated carbocycles. The Morgan fingerprint density at radius 3 is 2.90 bits per heavy atom. The van der Waals surface area contributed by atoms with Crippen LogP contribution in [0.5, 0.6) is 0 Å². The Kier molecular flexibility index (Phi) is 6.47. The van der Waals surface area contributed by atoms with Gasteiger partial charge in [-0.05, 0) is 18.8 Å². The first-order valence-electron chi connectivity index (χ1n) is 7.94. The van der Waals surface area contributed by atoms with Gasteiger partial charge in [-0.25, -0.2) is 4.68 Å². The van der Waals surface area contributed by atoms with Gasteiger partial charge in [0.2, 0.25) is 0 Å². The van der Waals surface area contributed by atoms with Gasteiger partial charge in [-0.1, -0.05) is 38.3 Å². The Morgan fingerprint density at radius 1 is 1.35 bits per heavy atom. The zero-order chi connectivity index (χ0) is 14.2. The second-order valence-electron chi connectivity index (χ2n) is 6.09. The smallest absolute Gasteiger partial charge is 0.0964 e. The molecule has 5 heteroatoms. The van der Waals surface area contributed by atoms with Crippen LogP contribution in [0.25, 0.3) is 0 Å². The minimum Gasteiger partial charge on any atom is -0.379 e. The molecule has 1 N–H and O–H groups in total. The molecule has 1 fully saturated rings. The standard InChI is InChI=1S/C15H28N4O/c1-13(2)16-10-15-11-19(18-17-15)8-9-20-12-14-6-4-3-5-7-14/h11,13-14,16H,3-10,12H2,1-2H3. The average molecular weight is 280 g/mol. The fourth-order valence-electron chi connectivity index (χ4n) is 2.60. The van der Waals surface area contributed by atoms with Crippen molar-refractivity contribution in [2.24, 2.45) is 5.92 Å². The van der Waals surface area contributed by atoms with Gasteiger partial charge in [0, 0.05) is 25.4 Å². The highest BCUT2D eigenvalue weighted by atomic mass is 16.5. The van der Waals surface area contributed by atoms with Crippen molar-refractivity contribution < 1.29 is 4.74 Å². The molecule has 20 heavy (non-hydrogen) atoms. The van der Waals surface area contributed by atoms with Crippen LogP contribution in [0, 0.1) is 5.92 Å². The van der Waals surface area contributed by atoms with Crippen molar-refractivity contribution in [3.8, 4) is 0 Å². The number of rotatable bonds is 8. The summed E-state index contributed by atoms with van der Waals surface area (Å²) in [5.74, 6) is 0.783. The molecular weight excluding hydrogens is 252 g/mol. The van der Waals surface area contributed by atoms with Crippen LogP contribution in [0.4, 0.5) is 0 Å². The molecule has 5 nitrogen and oxygen atoms in total. The van der Waals surface area contributed by atoms with E-state index >= 15 is 0 Å². The highest BCUT2D eigenvalue weighted by Crippen LogP contribution is 2.23. The quantitative estimate of drug-likeness (QED) is 0.743. The van der Waals surface area contributed by atoms with E-state index in [9.17, 15) is 0 Å². The second kappa shape index (κ2) is 8.37. The Labute approximate surface area is 122 Å². The number of hydrogen-bond donors (Lipinski definition) is 1. The summed E-state index contributed by atoms with van der Waals surface area (Å²) in [5, 5.41) is 11.6. The maximum Gasteiger partial charge on any atom is 0.0964 e. The monoisotopic (exact) mass is 280 g/mol. The molecule has 1 aromatic heterocycles.